The zero-order valence-corrected chi connectivity index (χ0v) is 13.0. The fourth-order valence-electron chi connectivity index (χ4n) is 2.94. The molecule has 116 valence electrons. The van der Waals surface area contributed by atoms with Crippen LogP contribution < -0.4 is 16.5 Å². The topological polar surface area (TPSA) is 56.6 Å². The number of nitrogens with zero attached hydrogens (tertiary/aromatic N) is 3. The first-order chi connectivity index (χ1) is 10.1. The van der Waals surface area contributed by atoms with Crippen LogP contribution in [-0.2, 0) is 0 Å². The second kappa shape index (κ2) is 5.81. The van der Waals surface area contributed by atoms with E-state index in [0.29, 0.717) is 0 Å². The van der Waals surface area contributed by atoms with Gasteiger partial charge in [0.15, 0.2) is 0 Å². The lowest BCUT2D eigenvalue weighted by atomic mass is 10.2. The van der Waals surface area contributed by atoms with Crippen LogP contribution in [0, 0.1) is 0 Å². The van der Waals surface area contributed by atoms with Gasteiger partial charge in [-0.25, -0.2) is 5.43 Å². The molecule has 0 aliphatic carbocycles. The van der Waals surface area contributed by atoms with Crippen molar-refractivity contribution >= 4 is 0 Å². The molecule has 3 rings (SSSR count). The van der Waals surface area contributed by atoms with Crippen LogP contribution in [0.4, 0.5) is 0 Å². The molecule has 0 aromatic carbocycles. The summed E-state index contributed by atoms with van der Waals surface area (Å²) in [6.07, 6.45) is 8.07. The van der Waals surface area contributed by atoms with E-state index in [1.54, 1.807) is 0 Å². The van der Waals surface area contributed by atoms with E-state index < -0.39 is 0 Å². The third kappa shape index (κ3) is 3.29. The monoisotopic (exact) mass is 291 g/mol. The molecule has 0 aromatic rings. The largest absolute Gasteiger partial charge is 0.398 e. The van der Waals surface area contributed by atoms with Crippen molar-refractivity contribution in [2.24, 2.45) is 5.73 Å². The first kappa shape index (κ1) is 14.6. The van der Waals surface area contributed by atoms with E-state index in [-0.39, 0.29) is 6.17 Å². The minimum absolute atomic E-state index is 0.0319. The van der Waals surface area contributed by atoms with E-state index in [2.05, 4.69) is 29.7 Å². The van der Waals surface area contributed by atoms with Gasteiger partial charge in [0, 0.05) is 32.4 Å². The van der Waals surface area contributed by atoms with E-state index in [1.807, 2.05) is 29.4 Å². The molecule has 3 aliphatic rings. The number of fused-ring (bicyclic) bond motifs is 1. The highest BCUT2D eigenvalue weighted by Gasteiger charge is 2.28. The average Bonchev–Trinajstić information content (AvgIpc) is 2.78. The first-order valence-corrected chi connectivity index (χ1v) is 7.73. The Hall–Kier alpha value is -1.34. The third-order valence-electron chi connectivity index (χ3n) is 4.55. The Bertz CT molecular complexity index is 469. The molecule has 0 radical (unpaired) electrons. The Morgan fingerprint density at radius 3 is 2.81 bits per heavy atom. The summed E-state index contributed by atoms with van der Waals surface area (Å²) >= 11 is 0. The van der Waals surface area contributed by atoms with Gasteiger partial charge in [-0.15, -0.1) is 0 Å². The van der Waals surface area contributed by atoms with Crippen LogP contribution in [0.3, 0.4) is 0 Å². The van der Waals surface area contributed by atoms with E-state index in [4.69, 9.17) is 5.73 Å². The molecule has 1 atom stereocenters. The van der Waals surface area contributed by atoms with Crippen molar-refractivity contribution in [3.63, 3.8) is 0 Å². The molecular formula is C15H27N6+. The van der Waals surface area contributed by atoms with Gasteiger partial charge in [0.1, 0.15) is 6.17 Å². The summed E-state index contributed by atoms with van der Waals surface area (Å²) in [5, 5.41) is 5.49. The Labute approximate surface area is 127 Å². The standard InChI is InChI=1S/C15H27N6/c1-21(2)11-9-19(10-12-21)8-6-17-15-14(16)13-5-3-4-7-20(13)18-15/h3-5,7,15,17-18H,6,8-12,16H2,1-2H3/q+1. The molecule has 0 amide bonds. The number of rotatable bonds is 4. The number of likely N-dealkylation sites (N-methyl/N-ethyl adjacent to an activating group) is 1. The summed E-state index contributed by atoms with van der Waals surface area (Å²) in [7, 11) is 4.62. The van der Waals surface area contributed by atoms with Gasteiger partial charge in [0.05, 0.1) is 38.6 Å². The summed E-state index contributed by atoms with van der Waals surface area (Å²) < 4.78 is 1.14. The molecule has 0 bridgehead atoms. The first-order valence-electron chi connectivity index (χ1n) is 7.73. The van der Waals surface area contributed by atoms with Gasteiger partial charge in [0.2, 0.25) is 0 Å². The molecule has 0 saturated carbocycles. The van der Waals surface area contributed by atoms with Crippen LogP contribution in [0.1, 0.15) is 0 Å². The number of piperazine rings is 1. The minimum Gasteiger partial charge on any atom is -0.398 e. The van der Waals surface area contributed by atoms with Gasteiger partial charge in [-0.3, -0.25) is 15.2 Å². The molecule has 0 spiro atoms. The van der Waals surface area contributed by atoms with Crippen LogP contribution in [0.5, 0.6) is 0 Å². The maximum absolute atomic E-state index is 6.20. The van der Waals surface area contributed by atoms with E-state index in [1.165, 1.54) is 26.2 Å². The summed E-state index contributed by atoms with van der Waals surface area (Å²) in [5.41, 5.74) is 11.5. The number of quaternary nitrogens is 1. The molecule has 6 nitrogen and oxygen atoms in total. The summed E-state index contributed by atoms with van der Waals surface area (Å²) in [6.45, 7) is 6.85. The van der Waals surface area contributed by atoms with E-state index in [9.17, 15) is 0 Å². The van der Waals surface area contributed by atoms with Crippen LogP contribution >= 0.6 is 0 Å². The van der Waals surface area contributed by atoms with Gasteiger partial charge in [-0.1, -0.05) is 6.08 Å². The van der Waals surface area contributed by atoms with E-state index in [0.717, 1.165) is 29.0 Å². The molecule has 21 heavy (non-hydrogen) atoms. The quantitative estimate of drug-likeness (QED) is 0.602. The predicted molar refractivity (Wildman–Crippen MR) is 84.5 cm³/mol. The maximum atomic E-state index is 6.20. The van der Waals surface area contributed by atoms with Gasteiger partial charge in [-0.05, 0) is 12.2 Å². The molecular weight excluding hydrogens is 264 g/mol. The smallest absolute Gasteiger partial charge is 0.118 e. The maximum Gasteiger partial charge on any atom is 0.118 e. The van der Waals surface area contributed by atoms with Crippen molar-refractivity contribution in [2.45, 2.75) is 6.17 Å². The molecule has 1 saturated heterocycles. The highest BCUT2D eigenvalue weighted by molar-refractivity contribution is 5.35. The molecule has 1 unspecified atom stereocenters. The molecule has 3 aliphatic heterocycles. The fourth-order valence-corrected chi connectivity index (χ4v) is 2.94. The lowest BCUT2D eigenvalue weighted by molar-refractivity contribution is -0.894. The van der Waals surface area contributed by atoms with Gasteiger partial charge in [-0.2, -0.15) is 0 Å². The van der Waals surface area contributed by atoms with Crippen LogP contribution in [0.25, 0.3) is 0 Å². The second-order valence-corrected chi connectivity index (χ2v) is 6.65. The van der Waals surface area contributed by atoms with Crippen molar-refractivity contribution in [3.8, 4) is 0 Å². The fraction of sp³-hybridized carbons (Fsp3) is 0.600. The Balaban J connectivity index is 1.44. The van der Waals surface area contributed by atoms with E-state index >= 15 is 0 Å². The van der Waals surface area contributed by atoms with Gasteiger partial charge in [0.25, 0.3) is 0 Å². The number of nitrogens with two attached hydrogens (primary N) is 1. The highest BCUT2D eigenvalue weighted by atomic mass is 15.6. The van der Waals surface area contributed by atoms with Crippen LogP contribution in [0.15, 0.2) is 35.8 Å². The number of nitrogens with one attached hydrogen (secondary N) is 2. The average molecular weight is 291 g/mol. The van der Waals surface area contributed by atoms with Crippen LogP contribution in [-0.4, -0.2) is 73.9 Å². The predicted octanol–water partition coefficient (Wildman–Crippen LogP) is -0.632. The van der Waals surface area contributed by atoms with Crippen molar-refractivity contribution in [1.29, 1.82) is 0 Å². The SMILES string of the molecule is C[N+]1(C)CCN(CCNC2NN3C=CC=CC3=C2N)CC1. The zero-order chi connectivity index (χ0) is 14.9. The molecule has 3 heterocycles. The van der Waals surface area contributed by atoms with Crippen molar-refractivity contribution in [3.05, 3.63) is 35.8 Å². The minimum atomic E-state index is 0.0319. The van der Waals surface area contributed by atoms with Gasteiger partial charge >= 0.3 is 0 Å². The lowest BCUT2D eigenvalue weighted by Crippen LogP contribution is -2.56. The normalized spacial score (nSPS) is 28.3. The number of hydrogen-bond acceptors (Lipinski definition) is 5. The Morgan fingerprint density at radius 1 is 1.33 bits per heavy atom. The lowest BCUT2D eigenvalue weighted by Gasteiger charge is -2.39. The van der Waals surface area contributed by atoms with Crippen molar-refractivity contribution in [2.75, 3.05) is 53.4 Å². The van der Waals surface area contributed by atoms with Crippen molar-refractivity contribution < 1.29 is 4.48 Å². The Kier molecular flexibility index (Phi) is 4.03. The number of allylic oxidation sites excluding steroid dienone is 3. The zero-order valence-electron chi connectivity index (χ0n) is 13.0. The summed E-state index contributed by atoms with van der Waals surface area (Å²) in [5.74, 6) is 0. The molecule has 0 aromatic heterocycles. The van der Waals surface area contributed by atoms with Crippen molar-refractivity contribution in [1.82, 2.24) is 20.7 Å². The van der Waals surface area contributed by atoms with Gasteiger partial charge < -0.3 is 10.2 Å². The number of hydrogen-bond donors (Lipinski definition) is 3. The molecule has 1 fully saturated rings. The van der Waals surface area contributed by atoms with Crippen LogP contribution in [0.2, 0.25) is 0 Å². The number of hydrazine groups is 1. The molecule has 6 heteroatoms. The second-order valence-electron chi connectivity index (χ2n) is 6.65. The summed E-state index contributed by atoms with van der Waals surface area (Å²) in [6, 6.07) is 0. The molecule has 4 N–H and O–H groups in total. The Morgan fingerprint density at radius 2 is 2.10 bits per heavy atom. The highest BCUT2D eigenvalue weighted by Crippen LogP contribution is 2.19. The third-order valence-corrected chi connectivity index (χ3v) is 4.55. The summed E-state index contributed by atoms with van der Waals surface area (Å²) in [4.78, 5) is 2.53.